The molecule has 1 heterocycles. The minimum Gasteiger partial charge on any atom is -0.128 e. The molecule has 0 aliphatic carbocycles. The van der Waals surface area contributed by atoms with Crippen molar-refractivity contribution in [3.63, 3.8) is 0 Å². The third-order valence-electron chi connectivity index (χ3n) is 1.24. The Morgan fingerprint density at radius 1 is 1.10 bits per heavy atom. The molecule has 0 atom stereocenters. The first-order valence-electron chi connectivity index (χ1n) is 2.77. The minimum absolute atomic E-state index is 0.662. The van der Waals surface area contributed by atoms with Gasteiger partial charge in [-0.25, -0.2) is 0 Å². The fraction of sp³-hybridized carbons (Fsp3) is 0. The molecule has 0 unspecified atom stereocenters. The summed E-state index contributed by atoms with van der Waals surface area (Å²) in [5, 5.41) is 9.66. The van der Waals surface area contributed by atoms with Crippen molar-refractivity contribution in [1.82, 2.24) is 5.53 Å². The van der Waals surface area contributed by atoms with Crippen molar-refractivity contribution in [2.24, 2.45) is 10.2 Å². The third-order valence-corrected chi connectivity index (χ3v) is 1.48. The second-order valence-electron chi connectivity index (χ2n) is 1.92. The molecule has 0 spiro atoms. The predicted octanol–water partition coefficient (Wildman–Crippen LogP) is 0.0272. The first kappa shape index (κ1) is 5.68. The Morgan fingerprint density at radius 3 is 2.80 bits per heavy atom. The highest BCUT2D eigenvalue weighted by Gasteiger charge is 1.96. The van der Waals surface area contributed by atoms with Gasteiger partial charge in [-0.05, 0) is 23.7 Å². The highest BCUT2D eigenvalue weighted by Crippen LogP contribution is 1.99. The van der Waals surface area contributed by atoms with E-state index in [0.29, 0.717) is 5.02 Å². The number of hydrogen-bond donors (Lipinski definition) is 0. The summed E-state index contributed by atoms with van der Waals surface area (Å²) in [6, 6.07) is 5.29. The van der Waals surface area contributed by atoms with Crippen LogP contribution < -0.4 is 16.2 Å². The van der Waals surface area contributed by atoms with Crippen molar-refractivity contribution in [3.05, 3.63) is 33.9 Å². The van der Waals surface area contributed by atoms with E-state index in [4.69, 9.17) is 11.6 Å². The molecular weight excluding hydrogens is 150 g/mol. The molecule has 1 aromatic rings. The first-order chi connectivity index (χ1) is 4.86. The third kappa shape index (κ3) is 0.752. The van der Waals surface area contributed by atoms with Crippen molar-refractivity contribution in [2.75, 3.05) is 0 Å². The van der Waals surface area contributed by atoms with Gasteiger partial charge in [0.2, 0.25) is 0 Å². The molecular formula is C6H3ClN3. The van der Waals surface area contributed by atoms with Crippen molar-refractivity contribution in [3.8, 4) is 0 Å². The number of benzene rings is 1. The maximum Gasteiger partial charge on any atom is 0.117 e. The molecule has 0 saturated carbocycles. The van der Waals surface area contributed by atoms with Crippen LogP contribution in [0.3, 0.4) is 0 Å². The van der Waals surface area contributed by atoms with E-state index in [-0.39, 0.29) is 0 Å². The van der Waals surface area contributed by atoms with Gasteiger partial charge in [0.1, 0.15) is 10.7 Å². The SMILES string of the molecule is Clc1ccc2c(c1)=N[N]N=2. The number of hydrogen-bond acceptors (Lipinski definition) is 2. The van der Waals surface area contributed by atoms with Crippen LogP contribution in [0.15, 0.2) is 28.4 Å². The van der Waals surface area contributed by atoms with Gasteiger partial charge in [0.25, 0.3) is 0 Å². The second-order valence-corrected chi connectivity index (χ2v) is 2.36. The zero-order valence-electron chi connectivity index (χ0n) is 4.95. The lowest BCUT2D eigenvalue weighted by molar-refractivity contribution is 0.780. The van der Waals surface area contributed by atoms with Crippen LogP contribution in [-0.2, 0) is 0 Å². The van der Waals surface area contributed by atoms with Crippen LogP contribution in [0.2, 0.25) is 5.02 Å². The zero-order chi connectivity index (χ0) is 6.97. The molecule has 1 radical (unpaired) electrons. The molecule has 1 aliphatic rings. The normalized spacial score (nSPS) is 12.9. The van der Waals surface area contributed by atoms with Crippen molar-refractivity contribution < 1.29 is 0 Å². The van der Waals surface area contributed by atoms with Gasteiger partial charge in [-0.3, -0.25) is 0 Å². The van der Waals surface area contributed by atoms with Crippen molar-refractivity contribution >= 4 is 11.6 Å². The van der Waals surface area contributed by atoms with E-state index in [9.17, 15) is 0 Å². The Morgan fingerprint density at radius 2 is 1.90 bits per heavy atom. The largest absolute Gasteiger partial charge is 0.128 e. The first-order valence-corrected chi connectivity index (χ1v) is 3.15. The zero-order valence-corrected chi connectivity index (χ0v) is 5.71. The molecule has 4 heteroatoms. The van der Waals surface area contributed by atoms with Crippen LogP contribution in [-0.4, -0.2) is 0 Å². The maximum atomic E-state index is 5.68. The van der Waals surface area contributed by atoms with Crippen molar-refractivity contribution in [1.29, 1.82) is 0 Å². The topological polar surface area (TPSA) is 38.8 Å². The van der Waals surface area contributed by atoms with Gasteiger partial charge < -0.3 is 0 Å². The van der Waals surface area contributed by atoms with E-state index in [1.54, 1.807) is 18.2 Å². The summed E-state index contributed by atoms with van der Waals surface area (Å²) in [5.74, 6) is 0. The Kier molecular flexibility index (Phi) is 1.11. The van der Waals surface area contributed by atoms with Crippen LogP contribution >= 0.6 is 11.6 Å². The summed E-state index contributed by atoms with van der Waals surface area (Å²) < 4.78 is 0. The Bertz CT molecular complexity index is 371. The molecule has 2 rings (SSSR count). The van der Waals surface area contributed by atoms with Crippen LogP contribution in [0.25, 0.3) is 0 Å². The van der Waals surface area contributed by atoms with Crippen LogP contribution in [0.1, 0.15) is 0 Å². The maximum absolute atomic E-state index is 5.68. The quantitative estimate of drug-likeness (QED) is 0.503. The second kappa shape index (κ2) is 1.95. The standard InChI is InChI=1S/C6H3ClN3/c7-4-1-2-5-6(3-4)9-10-8-5/h1-3H. The molecule has 1 aliphatic heterocycles. The van der Waals surface area contributed by atoms with Gasteiger partial charge in [0.15, 0.2) is 0 Å². The van der Waals surface area contributed by atoms with E-state index in [1.807, 2.05) is 0 Å². The lowest BCUT2D eigenvalue weighted by Gasteiger charge is -1.81. The van der Waals surface area contributed by atoms with Crippen LogP contribution in [0.4, 0.5) is 0 Å². The lowest BCUT2D eigenvalue weighted by Crippen LogP contribution is -2.20. The summed E-state index contributed by atoms with van der Waals surface area (Å²) >= 11 is 5.68. The fourth-order valence-electron chi connectivity index (χ4n) is 0.780. The summed E-state index contributed by atoms with van der Waals surface area (Å²) in [4.78, 5) is 0. The van der Waals surface area contributed by atoms with Gasteiger partial charge >= 0.3 is 0 Å². The Balaban J connectivity index is 2.88. The van der Waals surface area contributed by atoms with E-state index >= 15 is 0 Å². The molecule has 3 nitrogen and oxygen atoms in total. The summed E-state index contributed by atoms with van der Waals surface area (Å²) in [6.45, 7) is 0. The smallest absolute Gasteiger partial charge is 0.117 e. The van der Waals surface area contributed by atoms with Gasteiger partial charge in [-0.15, -0.1) is 10.2 Å². The lowest BCUT2D eigenvalue weighted by atomic mass is 10.3. The highest BCUT2D eigenvalue weighted by atomic mass is 35.5. The average molecular weight is 153 g/mol. The molecule has 10 heavy (non-hydrogen) atoms. The van der Waals surface area contributed by atoms with E-state index in [0.717, 1.165) is 10.7 Å². The minimum atomic E-state index is 0.662. The fourth-order valence-corrected chi connectivity index (χ4v) is 0.946. The molecule has 0 N–H and O–H groups in total. The summed E-state index contributed by atoms with van der Waals surface area (Å²) in [5.41, 5.74) is 3.48. The predicted molar refractivity (Wildman–Crippen MR) is 35.9 cm³/mol. The molecule has 0 fully saturated rings. The van der Waals surface area contributed by atoms with E-state index < -0.39 is 0 Å². The molecule has 0 bridgehead atoms. The van der Waals surface area contributed by atoms with Gasteiger partial charge in [0, 0.05) is 5.02 Å². The Hall–Kier alpha value is -1.09. The highest BCUT2D eigenvalue weighted by molar-refractivity contribution is 6.30. The Labute approximate surface area is 62.0 Å². The molecule has 49 valence electrons. The van der Waals surface area contributed by atoms with E-state index in [1.165, 1.54) is 0 Å². The summed E-state index contributed by atoms with van der Waals surface area (Å²) in [7, 11) is 0. The molecule has 0 amide bonds. The van der Waals surface area contributed by atoms with Gasteiger partial charge in [0.05, 0.1) is 0 Å². The molecule has 0 saturated heterocycles. The number of rotatable bonds is 0. The van der Waals surface area contributed by atoms with Crippen LogP contribution in [0.5, 0.6) is 0 Å². The van der Waals surface area contributed by atoms with Gasteiger partial charge in [-0.2, -0.15) is 0 Å². The van der Waals surface area contributed by atoms with E-state index in [2.05, 4.69) is 15.7 Å². The van der Waals surface area contributed by atoms with Crippen LogP contribution in [0, 0.1) is 0 Å². The average Bonchev–Trinajstić information content (AvgIpc) is 2.33. The molecule has 0 aromatic heterocycles. The molecule has 1 aromatic carbocycles. The van der Waals surface area contributed by atoms with Crippen molar-refractivity contribution in [2.45, 2.75) is 0 Å². The number of halogens is 1. The summed E-state index contributed by atoms with van der Waals surface area (Å²) in [6.07, 6.45) is 0. The number of nitrogens with zero attached hydrogens (tertiary/aromatic N) is 3. The van der Waals surface area contributed by atoms with Gasteiger partial charge in [-0.1, -0.05) is 11.6 Å². The number of fused-ring (bicyclic) bond motifs is 1. The monoisotopic (exact) mass is 152 g/mol.